The highest BCUT2D eigenvalue weighted by molar-refractivity contribution is 7.72. The van der Waals surface area contributed by atoms with Crippen molar-refractivity contribution in [1.29, 1.82) is 0 Å². The Kier molecular flexibility index (Phi) is 4.80. The number of rotatable bonds is 4. The minimum absolute atomic E-state index is 0.0248. The highest BCUT2D eigenvalue weighted by atomic mass is 31.2. The van der Waals surface area contributed by atoms with Crippen LogP contribution in [0.5, 0.6) is 0 Å². The van der Waals surface area contributed by atoms with Crippen LogP contribution in [0.3, 0.4) is 0 Å². The van der Waals surface area contributed by atoms with Gasteiger partial charge < -0.3 is 19.8 Å². The van der Waals surface area contributed by atoms with Crippen LogP contribution in [-0.4, -0.2) is 31.5 Å². The molecule has 0 heterocycles. The van der Waals surface area contributed by atoms with Crippen LogP contribution in [0.25, 0.3) is 0 Å². The average molecular weight is 284 g/mol. The van der Waals surface area contributed by atoms with Gasteiger partial charge in [0.15, 0.2) is 0 Å². The summed E-state index contributed by atoms with van der Waals surface area (Å²) in [6, 6.07) is 0. The zero-order chi connectivity index (χ0) is 13.3. The quantitative estimate of drug-likeness (QED) is 0.593. The summed E-state index contributed by atoms with van der Waals surface area (Å²) in [6.07, 6.45) is 4.82. The molecule has 0 aromatic carbocycles. The smallest absolute Gasteiger partial charge is 0.237 e. The van der Waals surface area contributed by atoms with Gasteiger partial charge in [0, 0.05) is 6.66 Å². The van der Waals surface area contributed by atoms with E-state index in [2.05, 4.69) is 0 Å². The lowest BCUT2D eigenvalue weighted by Crippen LogP contribution is -2.35. The van der Waals surface area contributed by atoms with Crippen molar-refractivity contribution in [3.8, 4) is 0 Å². The molecule has 0 bridgehead atoms. The van der Waals surface area contributed by atoms with Gasteiger partial charge in [-0.3, -0.25) is 4.57 Å². The van der Waals surface area contributed by atoms with E-state index in [0.717, 1.165) is 38.8 Å². The molecule has 2 unspecified atom stereocenters. The van der Waals surface area contributed by atoms with Gasteiger partial charge >= 0.3 is 0 Å². The van der Waals surface area contributed by atoms with E-state index >= 15 is 0 Å². The first kappa shape index (κ1) is 15.6. The van der Waals surface area contributed by atoms with Crippen LogP contribution in [0.2, 0.25) is 0 Å². The van der Waals surface area contributed by atoms with Gasteiger partial charge in [-0.05, 0) is 24.7 Å². The normalized spacial score (nSPS) is 27.5. The zero-order valence-electron chi connectivity index (χ0n) is 10.3. The van der Waals surface area contributed by atoms with Crippen molar-refractivity contribution in [2.75, 3.05) is 6.66 Å². The summed E-state index contributed by atoms with van der Waals surface area (Å²) >= 11 is 0. The second-order valence-electron chi connectivity index (χ2n) is 5.49. The number of aliphatic hydroxyl groups is 1. The molecule has 0 radical (unpaired) electrons. The fourth-order valence-corrected chi connectivity index (χ4v) is 5.06. The Morgan fingerprint density at radius 2 is 1.76 bits per heavy atom. The largest absolute Gasteiger partial charge is 0.372 e. The van der Waals surface area contributed by atoms with E-state index in [1.807, 2.05) is 6.92 Å². The molecule has 0 spiro atoms. The van der Waals surface area contributed by atoms with Crippen molar-refractivity contribution in [3.63, 3.8) is 0 Å². The van der Waals surface area contributed by atoms with E-state index in [4.69, 9.17) is 0 Å². The molecule has 17 heavy (non-hydrogen) atoms. The molecule has 2 atom stereocenters. The maximum atomic E-state index is 11.7. The van der Waals surface area contributed by atoms with Gasteiger partial charge in [0.25, 0.3) is 0 Å². The third-order valence-corrected chi connectivity index (χ3v) is 7.65. The average Bonchev–Trinajstić information content (AvgIpc) is 2.15. The molecule has 4 N–H and O–H groups in total. The Hall–Kier alpha value is 0.500. The van der Waals surface area contributed by atoms with Crippen molar-refractivity contribution >= 4 is 15.7 Å². The van der Waals surface area contributed by atoms with Crippen molar-refractivity contribution in [2.45, 2.75) is 50.5 Å². The molecule has 7 heteroatoms. The van der Waals surface area contributed by atoms with E-state index in [0.29, 0.717) is 0 Å². The van der Waals surface area contributed by atoms with E-state index in [9.17, 15) is 24.4 Å². The molecule has 1 rings (SSSR count). The molecule has 1 saturated carbocycles. The van der Waals surface area contributed by atoms with Gasteiger partial charge in [0.2, 0.25) is 20.8 Å². The Bertz CT molecular complexity index is 308. The predicted octanol–water partition coefficient (Wildman–Crippen LogP) is 2.19. The Morgan fingerprint density at radius 3 is 2.12 bits per heavy atom. The van der Waals surface area contributed by atoms with Gasteiger partial charge in [-0.25, -0.2) is 0 Å². The zero-order valence-corrected chi connectivity index (χ0v) is 12.1. The fraction of sp³-hybridized carbons (Fsp3) is 1.00. The minimum atomic E-state index is -3.97. The highest BCUT2D eigenvalue weighted by Gasteiger charge is 2.53. The second kappa shape index (κ2) is 5.24. The standard InChI is InChI=1S/C10H22O5P2/c1-9(6-4-3-5-7-9)8-10(11,16(12)13)17(2,14)15/h11-13H,3-8H2,1-2H3,(H,14,15). The summed E-state index contributed by atoms with van der Waals surface area (Å²) in [6.45, 7) is 2.92. The van der Waals surface area contributed by atoms with Crippen LogP contribution in [-0.2, 0) is 4.57 Å². The number of hydrogen-bond acceptors (Lipinski definition) is 4. The summed E-state index contributed by atoms with van der Waals surface area (Å²) in [7, 11) is -6.82. The molecule has 1 aliphatic rings. The molecule has 1 fully saturated rings. The molecule has 0 aromatic rings. The third kappa shape index (κ3) is 3.50. The Labute approximate surface area is 103 Å². The van der Waals surface area contributed by atoms with E-state index in [1.54, 1.807) is 0 Å². The van der Waals surface area contributed by atoms with Crippen LogP contribution in [0, 0.1) is 5.41 Å². The third-order valence-electron chi connectivity index (χ3n) is 3.71. The molecule has 5 nitrogen and oxygen atoms in total. The lowest BCUT2D eigenvalue weighted by atomic mass is 9.73. The van der Waals surface area contributed by atoms with E-state index in [-0.39, 0.29) is 11.8 Å². The van der Waals surface area contributed by atoms with Gasteiger partial charge in [0.05, 0.1) is 0 Å². The van der Waals surface area contributed by atoms with Crippen LogP contribution < -0.4 is 0 Å². The lowest BCUT2D eigenvalue weighted by molar-refractivity contribution is 0.0825. The first-order valence-corrected chi connectivity index (χ1v) is 9.17. The van der Waals surface area contributed by atoms with E-state index < -0.39 is 20.8 Å². The summed E-state index contributed by atoms with van der Waals surface area (Å²) in [5, 5.41) is 7.90. The lowest BCUT2D eigenvalue weighted by Gasteiger charge is -2.41. The summed E-state index contributed by atoms with van der Waals surface area (Å²) in [4.78, 5) is 28.1. The molecule has 1 aliphatic carbocycles. The SMILES string of the molecule is CC1(CC(O)(P(O)O)P(C)(=O)O)CCCCC1. The monoisotopic (exact) mass is 284 g/mol. The predicted molar refractivity (Wildman–Crippen MR) is 67.9 cm³/mol. The number of hydrogen-bond donors (Lipinski definition) is 4. The summed E-state index contributed by atoms with van der Waals surface area (Å²) < 4.78 is 11.7. The van der Waals surface area contributed by atoms with Crippen LogP contribution >= 0.6 is 15.7 Å². The summed E-state index contributed by atoms with van der Waals surface area (Å²) in [5.41, 5.74) is -0.284. The molecule has 102 valence electrons. The molecule has 0 amide bonds. The second-order valence-corrected chi connectivity index (χ2v) is 9.66. The fourth-order valence-electron chi connectivity index (χ4n) is 2.54. The van der Waals surface area contributed by atoms with Gasteiger partial charge in [0.1, 0.15) is 0 Å². The van der Waals surface area contributed by atoms with Crippen LogP contribution in [0.1, 0.15) is 45.4 Å². The van der Waals surface area contributed by atoms with Gasteiger partial charge in [-0.2, -0.15) is 0 Å². The van der Waals surface area contributed by atoms with Gasteiger partial charge in [-0.1, -0.05) is 26.2 Å². The Balaban J connectivity index is 2.91. The minimum Gasteiger partial charge on any atom is -0.372 e. The topological polar surface area (TPSA) is 98.0 Å². The van der Waals surface area contributed by atoms with Crippen molar-refractivity contribution in [3.05, 3.63) is 0 Å². The molecule has 0 aromatic heterocycles. The maximum Gasteiger partial charge on any atom is 0.237 e. The first-order chi connectivity index (χ1) is 7.61. The first-order valence-electron chi connectivity index (χ1n) is 5.81. The van der Waals surface area contributed by atoms with Crippen molar-refractivity contribution < 1.29 is 24.4 Å². The van der Waals surface area contributed by atoms with Crippen molar-refractivity contribution in [2.24, 2.45) is 5.41 Å². The Morgan fingerprint density at radius 1 is 1.29 bits per heavy atom. The van der Waals surface area contributed by atoms with Gasteiger partial charge in [-0.15, -0.1) is 0 Å². The van der Waals surface area contributed by atoms with Crippen molar-refractivity contribution in [1.82, 2.24) is 0 Å². The maximum absolute atomic E-state index is 11.7. The molecular formula is C10H22O5P2. The molecule has 0 saturated heterocycles. The highest BCUT2D eigenvalue weighted by Crippen LogP contribution is 2.67. The molecular weight excluding hydrogens is 262 g/mol. The van der Waals surface area contributed by atoms with E-state index in [1.165, 1.54) is 0 Å². The summed E-state index contributed by atoms with van der Waals surface area (Å²) in [5.74, 6) is 0. The van der Waals surface area contributed by atoms with Crippen LogP contribution in [0.4, 0.5) is 0 Å². The van der Waals surface area contributed by atoms with Crippen LogP contribution in [0.15, 0.2) is 0 Å². The molecule has 0 aliphatic heterocycles.